The molecule has 5 unspecified atom stereocenters. The minimum Gasteiger partial charge on any atom is -0.367 e. The lowest BCUT2D eigenvalue weighted by Gasteiger charge is -2.51. The third kappa shape index (κ3) is 4.16. The van der Waals surface area contributed by atoms with E-state index in [0.29, 0.717) is 30.0 Å². The maximum Gasteiger partial charge on any atom is 0.162 e. The van der Waals surface area contributed by atoms with Gasteiger partial charge < -0.3 is 4.74 Å². The van der Waals surface area contributed by atoms with Crippen molar-refractivity contribution in [3.05, 3.63) is 35.9 Å². The molecule has 4 rings (SSSR count). The van der Waals surface area contributed by atoms with Crippen LogP contribution >= 0.6 is 0 Å². The fourth-order valence-corrected chi connectivity index (χ4v) is 4.98. The number of hydrogen-bond donors (Lipinski definition) is 0. The molecule has 1 aromatic rings. The van der Waals surface area contributed by atoms with Crippen LogP contribution in [0.2, 0.25) is 0 Å². The van der Waals surface area contributed by atoms with E-state index in [0.717, 1.165) is 32.1 Å². The van der Waals surface area contributed by atoms with Gasteiger partial charge in [-0.15, -0.1) is 0 Å². The number of ketones is 1. The first-order valence-electron chi connectivity index (χ1n) is 10.1. The zero-order chi connectivity index (χ0) is 18.0. The van der Waals surface area contributed by atoms with Crippen LogP contribution in [0.5, 0.6) is 0 Å². The molecule has 2 aliphatic heterocycles. The van der Waals surface area contributed by atoms with Gasteiger partial charge in [0.2, 0.25) is 0 Å². The van der Waals surface area contributed by atoms with Gasteiger partial charge in [-0.3, -0.25) is 4.79 Å². The van der Waals surface area contributed by atoms with Crippen molar-refractivity contribution in [1.29, 1.82) is 0 Å². The molecule has 2 heteroatoms. The third-order valence-electron chi connectivity index (χ3n) is 6.36. The quantitative estimate of drug-likeness (QED) is 0.657. The molecule has 0 amide bonds. The van der Waals surface area contributed by atoms with Crippen LogP contribution in [0.3, 0.4) is 0 Å². The average molecular weight is 343 g/mol. The number of carbonyl (C=O) groups excluding carboxylic acids is 1. The van der Waals surface area contributed by atoms with Gasteiger partial charge in [-0.05, 0) is 54.4 Å². The maximum atomic E-state index is 13.1. The highest BCUT2D eigenvalue weighted by atomic mass is 16.5. The number of hydrogen-bond acceptors (Lipinski definition) is 2. The lowest BCUT2D eigenvalue weighted by atomic mass is 9.63. The van der Waals surface area contributed by atoms with Gasteiger partial charge in [-0.1, -0.05) is 64.4 Å². The SMILES string of the molecule is CCCC(CC(=O)C1OC2CCC1CC2C(C)(C)C)c1ccccc1. The van der Waals surface area contributed by atoms with Crippen molar-refractivity contribution in [2.45, 2.75) is 84.3 Å². The highest BCUT2D eigenvalue weighted by Gasteiger charge is 2.48. The normalized spacial score (nSPS) is 30.2. The van der Waals surface area contributed by atoms with E-state index in [1.165, 1.54) is 5.56 Å². The first-order chi connectivity index (χ1) is 11.9. The molecule has 1 aliphatic carbocycles. The van der Waals surface area contributed by atoms with Gasteiger partial charge in [0.25, 0.3) is 0 Å². The minimum atomic E-state index is -0.152. The molecule has 2 saturated heterocycles. The van der Waals surface area contributed by atoms with Crippen molar-refractivity contribution in [3.63, 3.8) is 0 Å². The highest BCUT2D eigenvalue weighted by Crippen LogP contribution is 2.48. The summed E-state index contributed by atoms with van der Waals surface area (Å²) in [4.78, 5) is 13.1. The minimum absolute atomic E-state index is 0.152. The van der Waals surface area contributed by atoms with E-state index in [1.807, 2.05) is 6.07 Å². The molecular formula is C23H34O2. The number of benzene rings is 1. The lowest BCUT2D eigenvalue weighted by Crippen LogP contribution is -2.53. The molecular weight excluding hydrogens is 308 g/mol. The van der Waals surface area contributed by atoms with Gasteiger partial charge in [0.05, 0.1) is 6.10 Å². The smallest absolute Gasteiger partial charge is 0.162 e. The van der Waals surface area contributed by atoms with Crippen molar-refractivity contribution >= 4 is 5.78 Å². The summed E-state index contributed by atoms with van der Waals surface area (Å²) in [5.41, 5.74) is 1.57. The zero-order valence-electron chi connectivity index (χ0n) is 16.3. The van der Waals surface area contributed by atoms with E-state index in [4.69, 9.17) is 4.74 Å². The molecule has 0 aromatic heterocycles. The molecule has 1 saturated carbocycles. The number of rotatable bonds is 6. The zero-order valence-corrected chi connectivity index (χ0v) is 16.3. The van der Waals surface area contributed by atoms with Crippen LogP contribution in [0, 0.1) is 17.3 Å². The fraction of sp³-hybridized carbons (Fsp3) is 0.696. The summed E-state index contributed by atoms with van der Waals surface area (Å²) in [6.07, 6.45) is 6.39. The van der Waals surface area contributed by atoms with Crippen LogP contribution in [0.4, 0.5) is 0 Å². The summed E-state index contributed by atoms with van der Waals surface area (Å²) >= 11 is 0. The van der Waals surface area contributed by atoms with Crippen molar-refractivity contribution < 1.29 is 9.53 Å². The van der Waals surface area contributed by atoms with Crippen molar-refractivity contribution in [2.24, 2.45) is 17.3 Å². The first kappa shape index (κ1) is 18.6. The Balaban J connectivity index is 1.67. The van der Waals surface area contributed by atoms with E-state index in [-0.39, 0.29) is 17.6 Å². The number of carbonyl (C=O) groups is 1. The number of Topliss-reactive ketones (excluding diaryl/α,β-unsaturated/α-hetero) is 1. The Morgan fingerprint density at radius 2 is 1.92 bits per heavy atom. The van der Waals surface area contributed by atoms with Gasteiger partial charge in [0.15, 0.2) is 5.78 Å². The molecule has 1 aromatic carbocycles. The second-order valence-corrected chi connectivity index (χ2v) is 9.21. The Morgan fingerprint density at radius 3 is 2.48 bits per heavy atom. The molecule has 2 heterocycles. The predicted octanol–water partition coefficient (Wildman–Crippen LogP) is 5.76. The van der Waals surface area contributed by atoms with Gasteiger partial charge >= 0.3 is 0 Å². The predicted molar refractivity (Wildman–Crippen MR) is 103 cm³/mol. The molecule has 138 valence electrons. The van der Waals surface area contributed by atoms with Crippen molar-refractivity contribution in [1.82, 2.24) is 0 Å². The molecule has 0 radical (unpaired) electrons. The molecule has 5 atom stereocenters. The second kappa shape index (κ2) is 7.61. The first-order valence-corrected chi connectivity index (χ1v) is 10.1. The standard InChI is InChI=1S/C23H34O2/c1-5-9-17(16-10-7-6-8-11-16)15-20(24)22-18-12-13-21(25-22)19(14-18)23(2,3)4/h6-8,10-11,17-19,21-22H,5,9,12-15H2,1-4H3. The molecule has 3 fully saturated rings. The van der Waals surface area contributed by atoms with Crippen molar-refractivity contribution in [2.75, 3.05) is 0 Å². The van der Waals surface area contributed by atoms with Crippen LogP contribution in [0.15, 0.2) is 30.3 Å². The Hall–Kier alpha value is -1.15. The highest BCUT2D eigenvalue weighted by molar-refractivity contribution is 5.84. The molecule has 2 nitrogen and oxygen atoms in total. The van der Waals surface area contributed by atoms with Crippen LogP contribution in [0.1, 0.15) is 77.7 Å². The summed E-state index contributed by atoms with van der Waals surface area (Å²) < 4.78 is 6.35. The Labute approximate surface area is 153 Å². The monoisotopic (exact) mass is 342 g/mol. The molecule has 0 spiro atoms. The summed E-state index contributed by atoms with van der Waals surface area (Å²) in [7, 11) is 0. The summed E-state index contributed by atoms with van der Waals surface area (Å²) in [5.74, 6) is 1.70. The van der Waals surface area contributed by atoms with Crippen LogP contribution < -0.4 is 0 Å². The molecule has 2 bridgehead atoms. The van der Waals surface area contributed by atoms with Gasteiger partial charge in [-0.25, -0.2) is 0 Å². The Kier molecular flexibility index (Phi) is 5.68. The molecule has 25 heavy (non-hydrogen) atoms. The summed E-state index contributed by atoms with van der Waals surface area (Å²) in [5, 5.41) is 0. The largest absolute Gasteiger partial charge is 0.367 e. The second-order valence-electron chi connectivity index (χ2n) is 9.21. The number of ether oxygens (including phenoxy) is 1. The van der Waals surface area contributed by atoms with Gasteiger partial charge in [0.1, 0.15) is 6.10 Å². The third-order valence-corrected chi connectivity index (χ3v) is 6.36. The van der Waals surface area contributed by atoms with E-state index in [1.54, 1.807) is 0 Å². The van der Waals surface area contributed by atoms with E-state index >= 15 is 0 Å². The van der Waals surface area contributed by atoms with Crippen LogP contribution in [-0.4, -0.2) is 18.0 Å². The average Bonchev–Trinajstić information content (AvgIpc) is 2.61. The number of fused-ring (bicyclic) bond motifs is 3. The topological polar surface area (TPSA) is 26.3 Å². The van der Waals surface area contributed by atoms with Crippen LogP contribution in [-0.2, 0) is 9.53 Å². The Bertz CT molecular complexity index is 572. The van der Waals surface area contributed by atoms with E-state index < -0.39 is 0 Å². The molecule has 0 N–H and O–H groups in total. The van der Waals surface area contributed by atoms with Gasteiger partial charge in [-0.2, -0.15) is 0 Å². The van der Waals surface area contributed by atoms with Gasteiger partial charge in [0, 0.05) is 6.42 Å². The van der Waals surface area contributed by atoms with Crippen LogP contribution in [0.25, 0.3) is 0 Å². The fourth-order valence-electron chi connectivity index (χ4n) is 4.98. The Morgan fingerprint density at radius 1 is 1.20 bits per heavy atom. The summed E-state index contributed by atoms with van der Waals surface area (Å²) in [6.45, 7) is 9.13. The lowest BCUT2D eigenvalue weighted by molar-refractivity contribution is -0.185. The van der Waals surface area contributed by atoms with Crippen molar-refractivity contribution in [3.8, 4) is 0 Å². The maximum absolute atomic E-state index is 13.1. The summed E-state index contributed by atoms with van der Waals surface area (Å²) in [6, 6.07) is 10.5. The van der Waals surface area contributed by atoms with E-state index in [2.05, 4.69) is 52.0 Å². The van der Waals surface area contributed by atoms with E-state index in [9.17, 15) is 4.79 Å². The molecule has 3 aliphatic rings.